The van der Waals surface area contributed by atoms with Crippen LogP contribution in [0.4, 0.5) is 32.3 Å². The number of benzene rings is 3. The minimum Gasteiger partial charge on any atom is -0.308 e. The van der Waals surface area contributed by atoms with Crippen molar-refractivity contribution in [1.29, 1.82) is 0 Å². The van der Waals surface area contributed by atoms with E-state index in [-0.39, 0.29) is 32.3 Å². The maximum absolute atomic E-state index is 12.3. The summed E-state index contributed by atoms with van der Waals surface area (Å²) < 4.78 is 51.5. The molecule has 0 aromatic heterocycles. The molecule has 6 N–H and O–H groups in total. The first kappa shape index (κ1) is 24.7. The van der Waals surface area contributed by atoms with Crippen molar-refractivity contribution in [2.45, 2.75) is 9.79 Å². The molecule has 2 aliphatic heterocycles. The lowest BCUT2D eigenvalue weighted by molar-refractivity contribution is 0.0976. The summed E-state index contributed by atoms with van der Waals surface area (Å²) in [6.07, 6.45) is 0. The van der Waals surface area contributed by atoms with E-state index in [9.17, 15) is 36.0 Å². The minimum absolute atomic E-state index is 0.0172. The van der Waals surface area contributed by atoms with Crippen molar-refractivity contribution < 1.29 is 36.0 Å². The predicted octanol–water partition coefficient (Wildman–Crippen LogP) is 1.84. The van der Waals surface area contributed by atoms with Crippen molar-refractivity contribution in [3.8, 4) is 0 Å². The number of rotatable bonds is 4. The molecule has 16 heteroatoms. The van der Waals surface area contributed by atoms with Crippen molar-refractivity contribution >= 4 is 66.7 Å². The van der Waals surface area contributed by atoms with E-state index >= 15 is 0 Å². The van der Waals surface area contributed by atoms with Gasteiger partial charge in [0, 0.05) is 22.7 Å². The SMILES string of the molecule is O=C(Nc1ccc(NC(=O)Nc2ccc3c(c2)S(=O)(=O)NC3=O)cc1)Nc1ccc2c(c1)S(=O)(=O)NC2=O. The minimum atomic E-state index is -3.97. The summed E-state index contributed by atoms with van der Waals surface area (Å²) in [5, 5.41) is 10.0. The van der Waals surface area contributed by atoms with E-state index in [1.807, 2.05) is 9.44 Å². The maximum Gasteiger partial charge on any atom is 0.323 e. The van der Waals surface area contributed by atoms with Crippen molar-refractivity contribution in [3.63, 3.8) is 0 Å². The zero-order valence-electron chi connectivity index (χ0n) is 18.9. The Morgan fingerprint density at radius 1 is 0.526 bits per heavy atom. The van der Waals surface area contributed by atoms with Crippen LogP contribution in [-0.4, -0.2) is 40.7 Å². The van der Waals surface area contributed by atoms with Gasteiger partial charge in [-0.1, -0.05) is 0 Å². The third kappa shape index (κ3) is 4.72. The average Bonchev–Trinajstić information content (AvgIpc) is 3.21. The Morgan fingerprint density at radius 3 is 1.21 bits per heavy atom. The highest BCUT2D eigenvalue weighted by atomic mass is 32.2. The van der Waals surface area contributed by atoms with Crippen LogP contribution in [0.5, 0.6) is 0 Å². The Kier molecular flexibility index (Phi) is 5.76. The molecule has 3 aromatic carbocycles. The molecule has 0 fully saturated rings. The Bertz CT molecular complexity index is 1640. The van der Waals surface area contributed by atoms with Crippen LogP contribution in [0.1, 0.15) is 20.7 Å². The smallest absolute Gasteiger partial charge is 0.308 e. The van der Waals surface area contributed by atoms with Gasteiger partial charge >= 0.3 is 12.1 Å². The van der Waals surface area contributed by atoms with Crippen molar-refractivity contribution in [2.24, 2.45) is 0 Å². The zero-order valence-corrected chi connectivity index (χ0v) is 20.5. The number of nitrogens with one attached hydrogen (secondary N) is 6. The largest absolute Gasteiger partial charge is 0.323 e. The normalized spacial score (nSPS) is 15.9. The van der Waals surface area contributed by atoms with Crippen LogP contribution in [0.15, 0.2) is 70.5 Å². The van der Waals surface area contributed by atoms with Crippen LogP contribution in [0.2, 0.25) is 0 Å². The molecule has 2 heterocycles. The van der Waals surface area contributed by atoms with Gasteiger partial charge in [0.2, 0.25) is 0 Å². The molecule has 6 amide bonds. The quantitative estimate of drug-likeness (QED) is 0.279. The second-order valence-electron chi connectivity index (χ2n) is 8.03. The molecule has 3 aromatic rings. The Balaban J connectivity index is 1.18. The van der Waals surface area contributed by atoms with E-state index in [2.05, 4.69) is 21.3 Å². The zero-order chi connectivity index (χ0) is 27.2. The van der Waals surface area contributed by atoms with Gasteiger partial charge in [-0.05, 0) is 60.7 Å². The summed E-state index contributed by atoms with van der Waals surface area (Å²) in [4.78, 5) is 47.5. The van der Waals surface area contributed by atoms with Crippen LogP contribution >= 0.6 is 0 Å². The number of hydrogen-bond donors (Lipinski definition) is 6. The van der Waals surface area contributed by atoms with Gasteiger partial charge in [-0.15, -0.1) is 0 Å². The number of carbonyl (C=O) groups is 4. The molecule has 5 rings (SSSR count). The fourth-order valence-corrected chi connectivity index (χ4v) is 6.10. The van der Waals surface area contributed by atoms with Gasteiger partial charge in [0.25, 0.3) is 31.9 Å². The third-order valence-electron chi connectivity index (χ3n) is 5.40. The highest BCUT2D eigenvalue weighted by Gasteiger charge is 2.33. The van der Waals surface area contributed by atoms with Gasteiger partial charge in [-0.25, -0.2) is 35.9 Å². The first-order chi connectivity index (χ1) is 17.9. The van der Waals surface area contributed by atoms with Gasteiger partial charge in [0.05, 0.1) is 11.1 Å². The van der Waals surface area contributed by atoms with Gasteiger partial charge in [0.15, 0.2) is 0 Å². The third-order valence-corrected chi connectivity index (χ3v) is 8.14. The fourth-order valence-electron chi connectivity index (χ4n) is 3.71. The highest BCUT2D eigenvalue weighted by Crippen LogP contribution is 2.27. The first-order valence-electron chi connectivity index (χ1n) is 10.6. The monoisotopic (exact) mass is 556 g/mol. The second-order valence-corrected chi connectivity index (χ2v) is 11.3. The molecule has 2 aliphatic rings. The summed E-state index contributed by atoms with van der Waals surface area (Å²) in [5.74, 6) is -1.49. The Morgan fingerprint density at radius 2 is 0.842 bits per heavy atom. The summed E-state index contributed by atoms with van der Waals surface area (Å²) in [6, 6.07) is 12.3. The lowest BCUT2D eigenvalue weighted by Crippen LogP contribution is -2.21. The maximum atomic E-state index is 12.3. The van der Waals surface area contributed by atoms with E-state index in [0.717, 1.165) is 0 Å². The molecule has 0 saturated carbocycles. The lowest BCUT2D eigenvalue weighted by atomic mass is 10.2. The molecule has 0 aliphatic carbocycles. The van der Waals surface area contributed by atoms with Crippen LogP contribution in [0.25, 0.3) is 0 Å². The van der Waals surface area contributed by atoms with Gasteiger partial charge in [-0.3, -0.25) is 9.59 Å². The molecular weight excluding hydrogens is 540 g/mol. The lowest BCUT2D eigenvalue weighted by Gasteiger charge is -2.11. The summed E-state index contributed by atoms with van der Waals surface area (Å²) in [6.45, 7) is 0. The standard InChI is InChI=1S/C22H16N6O8S2/c29-19-15-7-5-13(9-17(15)37(33,34)27-19)25-21(31)23-11-1-2-12(4-3-11)24-22(32)26-14-6-8-16-18(10-14)38(35,36)28-20(16)30/h1-10H,(H,27,29)(H,28,30)(H2,23,25,31)(H2,24,26,32). The van der Waals surface area contributed by atoms with E-state index in [4.69, 9.17) is 0 Å². The predicted molar refractivity (Wildman–Crippen MR) is 134 cm³/mol. The number of sulfonamides is 2. The van der Waals surface area contributed by atoms with Crippen molar-refractivity contribution in [1.82, 2.24) is 9.44 Å². The summed E-state index contributed by atoms with van der Waals surface area (Å²) in [7, 11) is -7.94. The molecule has 0 radical (unpaired) electrons. The molecular formula is C22H16N6O8S2. The summed E-state index contributed by atoms with van der Waals surface area (Å²) >= 11 is 0. The van der Waals surface area contributed by atoms with Gasteiger partial charge in [-0.2, -0.15) is 0 Å². The molecule has 0 spiro atoms. The first-order valence-corrected chi connectivity index (χ1v) is 13.6. The number of fused-ring (bicyclic) bond motifs is 2. The van der Waals surface area contributed by atoms with Gasteiger partial charge < -0.3 is 21.3 Å². The Hall–Kier alpha value is -4.96. The molecule has 0 bridgehead atoms. The molecule has 0 atom stereocenters. The summed E-state index contributed by atoms with van der Waals surface area (Å²) in [5.41, 5.74) is 0.958. The molecule has 38 heavy (non-hydrogen) atoms. The fraction of sp³-hybridized carbons (Fsp3) is 0. The topological polar surface area (TPSA) is 209 Å². The number of carbonyl (C=O) groups excluding carboxylic acids is 4. The molecule has 0 unspecified atom stereocenters. The van der Waals surface area contributed by atoms with E-state index in [1.54, 1.807) is 0 Å². The van der Waals surface area contributed by atoms with Gasteiger partial charge in [0.1, 0.15) is 9.79 Å². The van der Waals surface area contributed by atoms with E-state index in [1.165, 1.54) is 60.7 Å². The highest BCUT2D eigenvalue weighted by molar-refractivity contribution is 7.91. The Labute approximate surface area is 214 Å². The van der Waals surface area contributed by atoms with Crippen LogP contribution < -0.4 is 30.7 Å². The second kappa shape index (κ2) is 8.86. The molecule has 14 nitrogen and oxygen atoms in total. The number of urea groups is 2. The van der Waals surface area contributed by atoms with Crippen LogP contribution in [0, 0.1) is 0 Å². The number of amides is 6. The average molecular weight is 557 g/mol. The van der Waals surface area contributed by atoms with E-state index < -0.39 is 43.9 Å². The molecule has 0 saturated heterocycles. The van der Waals surface area contributed by atoms with Crippen LogP contribution in [-0.2, 0) is 20.0 Å². The van der Waals surface area contributed by atoms with Crippen LogP contribution in [0.3, 0.4) is 0 Å². The van der Waals surface area contributed by atoms with E-state index in [0.29, 0.717) is 11.4 Å². The van der Waals surface area contributed by atoms with Crippen molar-refractivity contribution in [3.05, 3.63) is 71.8 Å². The van der Waals surface area contributed by atoms with Crippen molar-refractivity contribution in [2.75, 3.05) is 21.3 Å². The number of anilines is 4. The number of hydrogen-bond acceptors (Lipinski definition) is 8. The molecule has 194 valence electrons.